The van der Waals surface area contributed by atoms with Crippen molar-refractivity contribution in [2.45, 2.75) is 63.0 Å². The maximum atomic E-state index is 4.68. The molecule has 0 radical (unpaired) electrons. The highest BCUT2D eigenvalue weighted by molar-refractivity contribution is 8.00. The van der Waals surface area contributed by atoms with Crippen molar-refractivity contribution in [2.75, 3.05) is 0 Å². The van der Waals surface area contributed by atoms with Crippen molar-refractivity contribution in [1.29, 1.82) is 0 Å². The second kappa shape index (κ2) is 8.53. The first kappa shape index (κ1) is 18.8. The van der Waals surface area contributed by atoms with Crippen LogP contribution < -0.4 is 0 Å². The van der Waals surface area contributed by atoms with E-state index in [0.717, 1.165) is 12.1 Å². The zero-order chi connectivity index (χ0) is 17.6. The van der Waals surface area contributed by atoms with E-state index in [1.807, 2.05) is 48.3 Å². The van der Waals surface area contributed by atoms with Gasteiger partial charge < -0.3 is 0 Å². The molecule has 1 unspecified atom stereocenters. The van der Waals surface area contributed by atoms with Crippen LogP contribution in [0.15, 0.2) is 58.4 Å². The van der Waals surface area contributed by atoms with E-state index in [4.69, 9.17) is 0 Å². The molecule has 0 saturated heterocycles. The van der Waals surface area contributed by atoms with Crippen LogP contribution in [0.1, 0.15) is 58.6 Å². The molecule has 24 heavy (non-hydrogen) atoms. The molecule has 0 aliphatic heterocycles. The Balaban J connectivity index is 2.46. The lowest BCUT2D eigenvalue weighted by atomic mass is 9.81. The monoisotopic (exact) mass is 339 g/mol. The van der Waals surface area contributed by atoms with E-state index in [1.165, 1.54) is 22.4 Å². The fourth-order valence-corrected chi connectivity index (χ4v) is 3.75. The van der Waals surface area contributed by atoms with Crippen LogP contribution in [0.4, 0.5) is 5.69 Å². The minimum Gasteiger partial charge on any atom is -0.256 e. The molecule has 0 bridgehead atoms. The molecule has 0 aliphatic carbocycles. The number of hydrogen-bond donors (Lipinski definition) is 0. The Morgan fingerprint density at radius 1 is 1.04 bits per heavy atom. The van der Waals surface area contributed by atoms with Gasteiger partial charge in [0.15, 0.2) is 0 Å². The summed E-state index contributed by atoms with van der Waals surface area (Å²) in [5, 5.41) is 0.600. The topological polar surface area (TPSA) is 12.4 Å². The van der Waals surface area contributed by atoms with Crippen molar-refractivity contribution in [1.82, 2.24) is 0 Å². The molecule has 0 aliphatic rings. The molecule has 1 atom stereocenters. The minimum atomic E-state index is 0.173. The number of thioether (sulfide) groups is 1. The van der Waals surface area contributed by atoms with Gasteiger partial charge >= 0.3 is 0 Å². The molecule has 128 valence electrons. The van der Waals surface area contributed by atoms with Gasteiger partial charge in [-0.15, -0.1) is 11.8 Å². The maximum absolute atomic E-state index is 4.68. The molecule has 2 heteroatoms. The Hall–Kier alpha value is -1.54. The number of rotatable bonds is 7. The molecule has 2 aromatic rings. The molecule has 0 spiro atoms. The lowest BCUT2D eigenvalue weighted by molar-refractivity contribution is 0.497. The normalized spacial score (nSPS) is 13.4. The molecule has 0 N–H and O–H groups in total. The van der Waals surface area contributed by atoms with E-state index >= 15 is 0 Å². The van der Waals surface area contributed by atoms with Crippen LogP contribution in [-0.4, -0.2) is 11.5 Å². The summed E-state index contributed by atoms with van der Waals surface area (Å²) in [6, 6.07) is 16.8. The third-order valence-electron chi connectivity index (χ3n) is 4.66. The van der Waals surface area contributed by atoms with Gasteiger partial charge in [0.1, 0.15) is 0 Å². The summed E-state index contributed by atoms with van der Waals surface area (Å²) in [7, 11) is 0. The second-order valence-electron chi connectivity index (χ2n) is 6.89. The van der Waals surface area contributed by atoms with E-state index < -0.39 is 0 Å². The first-order chi connectivity index (χ1) is 11.5. The summed E-state index contributed by atoms with van der Waals surface area (Å²) in [5.74, 6) is 0. The van der Waals surface area contributed by atoms with Crippen LogP contribution in [0.3, 0.4) is 0 Å². The van der Waals surface area contributed by atoms with E-state index in [9.17, 15) is 0 Å². The van der Waals surface area contributed by atoms with Gasteiger partial charge in [-0.25, -0.2) is 0 Å². The maximum Gasteiger partial charge on any atom is 0.0629 e. The van der Waals surface area contributed by atoms with Gasteiger partial charge in [-0.3, -0.25) is 4.99 Å². The van der Waals surface area contributed by atoms with Crippen molar-refractivity contribution < 1.29 is 0 Å². The average Bonchev–Trinajstić information content (AvgIpc) is 2.61. The highest BCUT2D eigenvalue weighted by atomic mass is 32.2. The predicted molar refractivity (Wildman–Crippen MR) is 109 cm³/mol. The number of para-hydroxylation sites is 1. The Morgan fingerprint density at radius 3 is 2.38 bits per heavy atom. The fraction of sp³-hybridized carbons (Fsp3) is 0.409. The zero-order valence-electron chi connectivity index (χ0n) is 15.5. The zero-order valence-corrected chi connectivity index (χ0v) is 16.4. The van der Waals surface area contributed by atoms with Gasteiger partial charge in [0.25, 0.3) is 0 Å². The van der Waals surface area contributed by atoms with Crippen LogP contribution >= 0.6 is 11.8 Å². The first-order valence-corrected chi connectivity index (χ1v) is 9.75. The lowest BCUT2D eigenvalue weighted by Gasteiger charge is -2.28. The van der Waals surface area contributed by atoms with Crippen molar-refractivity contribution in [3.8, 4) is 0 Å². The smallest absolute Gasteiger partial charge is 0.0629 e. The first-order valence-electron chi connectivity index (χ1n) is 8.87. The van der Waals surface area contributed by atoms with Crippen LogP contribution in [0.2, 0.25) is 0 Å². The molecule has 1 nitrogen and oxygen atoms in total. The predicted octanol–water partition coefficient (Wildman–Crippen LogP) is 7.02. The van der Waals surface area contributed by atoms with Crippen molar-refractivity contribution in [2.24, 2.45) is 4.99 Å². The molecule has 0 aromatic heterocycles. The van der Waals surface area contributed by atoms with Gasteiger partial charge in [-0.2, -0.15) is 0 Å². The third-order valence-corrected chi connectivity index (χ3v) is 6.09. The number of aliphatic imine (C=N–C) groups is 1. The standard InChI is InChI=1S/C22H29NS/c1-6-17(3)24-21-18(16-23-19-13-9-8-10-14-19)12-11-15-20(21)22(4,5)7-2/h8-17H,6-7H2,1-5H3. The molecule has 0 amide bonds. The SMILES string of the molecule is CCC(C)Sc1c(C=Nc2ccccc2)cccc1C(C)(C)CC. The van der Waals surface area contributed by atoms with Crippen molar-refractivity contribution in [3.63, 3.8) is 0 Å². The van der Waals surface area contributed by atoms with Crippen LogP contribution in [0, 0.1) is 0 Å². The highest BCUT2D eigenvalue weighted by Crippen LogP contribution is 2.39. The summed E-state index contributed by atoms with van der Waals surface area (Å²) in [4.78, 5) is 6.07. The van der Waals surface area contributed by atoms with E-state index in [0.29, 0.717) is 5.25 Å². The van der Waals surface area contributed by atoms with Gasteiger partial charge in [0, 0.05) is 21.9 Å². The summed E-state index contributed by atoms with van der Waals surface area (Å²) in [6.07, 6.45) is 4.32. The summed E-state index contributed by atoms with van der Waals surface area (Å²) >= 11 is 1.98. The van der Waals surface area contributed by atoms with E-state index in [-0.39, 0.29) is 5.41 Å². The number of benzene rings is 2. The molecule has 0 heterocycles. The largest absolute Gasteiger partial charge is 0.256 e. The van der Waals surface area contributed by atoms with E-state index in [2.05, 4.69) is 57.8 Å². The number of nitrogens with zero attached hydrogens (tertiary/aromatic N) is 1. The Labute approximate surface area is 151 Å². The lowest BCUT2D eigenvalue weighted by Crippen LogP contribution is -2.18. The molecule has 2 aromatic carbocycles. The van der Waals surface area contributed by atoms with Gasteiger partial charge in [-0.05, 0) is 36.0 Å². The summed E-state index contributed by atoms with van der Waals surface area (Å²) < 4.78 is 0. The fourth-order valence-electron chi connectivity index (χ4n) is 2.45. The molecule has 0 saturated carbocycles. The van der Waals surface area contributed by atoms with Crippen LogP contribution in [0.25, 0.3) is 0 Å². The summed E-state index contributed by atoms with van der Waals surface area (Å²) in [6.45, 7) is 11.5. The van der Waals surface area contributed by atoms with Crippen LogP contribution in [0.5, 0.6) is 0 Å². The Kier molecular flexibility index (Phi) is 6.68. The van der Waals surface area contributed by atoms with Gasteiger partial charge in [-0.1, -0.05) is 71.0 Å². The second-order valence-corrected chi connectivity index (χ2v) is 8.34. The quantitative estimate of drug-likeness (QED) is 0.390. The number of hydrogen-bond acceptors (Lipinski definition) is 2. The van der Waals surface area contributed by atoms with Gasteiger partial charge in [0.2, 0.25) is 0 Å². The average molecular weight is 340 g/mol. The molecule has 2 rings (SSSR count). The molecule has 0 fully saturated rings. The van der Waals surface area contributed by atoms with Crippen LogP contribution in [-0.2, 0) is 5.41 Å². The van der Waals surface area contributed by atoms with Crippen molar-refractivity contribution in [3.05, 3.63) is 59.7 Å². The Morgan fingerprint density at radius 2 is 1.75 bits per heavy atom. The molecular weight excluding hydrogens is 310 g/mol. The van der Waals surface area contributed by atoms with Crippen molar-refractivity contribution >= 4 is 23.7 Å². The molecular formula is C22H29NS. The van der Waals surface area contributed by atoms with E-state index in [1.54, 1.807) is 0 Å². The Bertz CT molecular complexity index is 674. The summed E-state index contributed by atoms with van der Waals surface area (Å²) in [5.41, 5.74) is 3.83. The third kappa shape index (κ3) is 4.73. The minimum absolute atomic E-state index is 0.173. The van der Waals surface area contributed by atoms with Gasteiger partial charge in [0.05, 0.1) is 5.69 Å². The highest BCUT2D eigenvalue weighted by Gasteiger charge is 2.23.